The molecule has 2 aliphatic heterocycles. The molecule has 4 heterocycles. The number of rotatable bonds is 7. The van der Waals surface area contributed by atoms with Crippen LogP contribution in [0.15, 0.2) is 70.9 Å². The molecule has 6 rings (SSSR count). The van der Waals surface area contributed by atoms with Crippen LogP contribution >= 0.6 is 0 Å². The minimum Gasteiger partial charge on any atom is -0.375 e. The van der Waals surface area contributed by atoms with Gasteiger partial charge in [0.05, 0.1) is 23.6 Å². The number of aliphatic imine (C=N–C) groups is 1. The second-order valence-electron chi connectivity index (χ2n) is 10.8. The predicted octanol–water partition coefficient (Wildman–Crippen LogP) is 4.34. The minimum atomic E-state index is -3.96. The van der Waals surface area contributed by atoms with Gasteiger partial charge in [0.1, 0.15) is 11.6 Å². The van der Waals surface area contributed by atoms with Crippen molar-refractivity contribution in [1.82, 2.24) is 14.7 Å². The second kappa shape index (κ2) is 11.7. The highest BCUT2D eigenvalue weighted by Gasteiger charge is 2.32. The van der Waals surface area contributed by atoms with Crippen LogP contribution in [-0.2, 0) is 26.0 Å². The highest BCUT2D eigenvalue weighted by molar-refractivity contribution is 7.90. The van der Waals surface area contributed by atoms with Gasteiger partial charge in [0.2, 0.25) is 5.91 Å². The zero-order valence-corrected chi connectivity index (χ0v) is 23.4. The lowest BCUT2D eigenvalue weighted by atomic mass is 9.87. The fourth-order valence-corrected chi connectivity index (χ4v) is 6.79. The van der Waals surface area contributed by atoms with Crippen LogP contribution in [0.5, 0.6) is 0 Å². The van der Waals surface area contributed by atoms with E-state index in [9.17, 15) is 17.6 Å². The largest absolute Gasteiger partial charge is 0.375 e. The van der Waals surface area contributed by atoms with Crippen molar-refractivity contribution >= 4 is 33.1 Å². The van der Waals surface area contributed by atoms with Crippen LogP contribution in [0, 0.1) is 11.7 Å². The standard InChI is InChI=1S/C30H32FN5O4S/c31-23-8-4-21-17-26(34-27(21)18-23)22-7-11-28(33-19-22)36-15-12-25(13-16-36)40-24-9-5-20(6-10-24)30(37)35-41(38,39)29-3-1-2-14-32-29/h1-4,7-8,11,14,18-20,24-25H,5-6,9-10,12-13,15-17H2,(H,35,37). The number of nitrogens with zero attached hydrogens (tertiary/aromatic N) is 4. The van der Waals surface area contributed by atoms with Crippen molar-refractivity contribution in [2.24, 2.45) is 10.9 Å². The van der Waals surface area contributed by atoms with Gasteiger partial charge >= 0.3 is 0 Å². The summed E-state index contributed by atoms with van der Waals surface area (Å²) in [6.45, 7) is 1.68. The summed E-state index contributed by atoms with van der Waals surface area (Å²) < 4.78 is 46.9. The maximum atomic E-state index is 13.5. The van der Waals surface area contributed by atoms with Crippen LogP contribution in [0.1, 0.15) is 49.7 Å². The predicted molar refractivity (Wildman–Crippen MR) is 152 cm³/mol. The van der Waals surface area contributed by atoms with Gasteiger partial charge in [0.25, 0.3) is 10.0 Å². The molecule has 41 heavy (non-hydrogen) atoms. The summed E-state index contributed by atoms with van der Waals surface area (Å²) in [6.07, 6.45) is 8.54. The van der Waals surface area contributed by atoms with E-state index in [1.54, 1.807) is 18.2 Å². The summed E-state index contributed by atoms with van der Waals surface area (Å²) >= 11 is 0. The first-order chi connectivity index (χ1) is 19.8. The van der Waals surface area contributed by atoms with E-state index in [0.717, 1.165) is 61.4 Å². The van der Waals surface area contributed by atoms with Crippen molar-refractivity contribution in [3.05, 3.63) is 77.9 Å². The molecule has 11 heteroatoms. The Kier molecular flexibility index (Phi) is 7.81. The molecule has 3 aliphatic rings. The van der Waals surface area contributed by atoms with E-state index in [1.807, 2.05) is 18.3 Å². The Morgan fingerprint density at radius 3 is 2.44 bits per heavy atom. The lowest BCUT2D eigenvalue weighted by Gasteiger charge is -2.36. The van der Waals surface area contributed by atoms with Gasteiger partial charge in [-0.25, -0.2) is 19.1 Å². The number of fused-ring (bicyclic) bond motifs is 1. The summed E-state index contributed by atoms with van der Waals surface area (Å²) in [5.74, 6) is -0.185. The van der Waals surface area contributed by atoms with Gasteiger partial charge in [0.15, 0.2) is 5.03 Å². The molecule has 214 valence electrons. The summed E-state index contributed by atoms with van der Waals surface area (Å²) in [6, 6.07) is 13.3. The van der Waals surface area contributed by atoms with E-state index in [4.69, 9.17) is 4.74 Å². The number of hydrogen-bond donors (Lipinski definition) is 1. The molecule has 1 N–H and O–H groups in total. The third-order valence-corrected chi connectivity index (χ3v) is 9.35. The summed E-state index contributed by atoms with van der Waals surface area (Å²) in [5.41, 5.74) is 3.57. The molecule has 2 aromatic heterocycles. The van der Waals surface area contributed by atoms with Crippen molar-refractivity contribution in [2.45, 2.75) is 62.2 Å². The summed E-state index contributed by atoms with van der Waals surface area (Å²) in [7, 11) is -3.96. The van der Waals surface area contributed by atoms with Gasteiger partial charge < -0.3 is 9.64 Å². The van der Waals surface area contributed by atoms with Gasteiger partial charge in [0, 0.05) is 43.4 Å². The molecule has 9 nitrogen and oxygen atoms in total. The van der Waals surface area contributed by atoms with E-state index in [-0.39, 0.29) is 29.0 Å². The van der Waals surface area contributed by atoms with Crippen LogP contribution in [0.2, 0.25) is 0 Å². The molecule has 0 spiro atoms. The number of sulfonamides is 1. The number of carbonyl (C=O) groups is 1. The minimum absolute atomic E-state index is 0.0742. The Morgan fingerprint density at radius 2 is 1.73 bits per heavy atom. The molecule has 0 radical (unpaired) electrons. The van der Waals surface area contributed by atoms with Gasteiger partial charge in [-0.05, 0) is 80.5 Å². The van der Waals surface area contributed by atoms with Crippen molar-refractivity contribution in [3.63, 3.8) is 0 Å². The number of carbonyl (C=O) groups excluding carboxylic acids is 1. The molecule has 1 aliphatic carbocycles. The first kappa shape index (κ1) is 27.5. The molecule has 1 amide bonds. The number of benzene rings is 1. The molecule has 0 unspecified atom stereocenters. The normalized spacial score (nSPS) is 21.3. The lowest BCUT2D eigenvalue weighted by molar-refractivity contribution is -0.125. The number of ether oxygens (including phenoxy) is 1. The van der Waals surface area contributed by atoms with Gasteiger partial charge in [-0.15, -0.1) is 0 Å². The van der Waals surface area contributed by atoms with Gasteiger partial charge in [-0.2, -0.15) is 8.42 Å². The molecular weight excluding hydrogens is 545 g/mol. The fourth-order valence-electron chi connectivity index (χ4n) is 5.79. The average Bonchev–Trinajstić information content (AvgIpc) is 3.42. The number of nitrogens with one attached hydrogen (secondary N) is 1. The first-order valence-corrected chi connectivity index (χ1v) is 15.5. The lowest BCUT2D eigenvalue weighted by Crippen LogP contribution is -2.41. The SMILES string of the molecule is O=C(NS(=O)(=O)c1ccccn1)C1CCC(OC2CCN(c3ccc(C4=Nc5cc(F)ccc5C4)cn3)CC2)CC1. The highest BCUT2D eigenvalue weighted by Crippen LogP contribution is 2.31. The van der Waals surface area contributed by atoms with Crippen LogP contribution in [0.3, 0.4) is 0 Å². The zero-order valence-electron chi connectivity index (χ0n) is 22.6. The number of piperidine rings is 1. The maximum absolute atomic E-state index is 13.5. The molecule has 2 fully saturated rings. The average molecular weight is 578 g/mol. The summed E-state index contributed by atoms with van der Waals surface area (Å²) in [5, 5.41) is -0.158. The van der Waals surface area contributed by atoms with E-state index in [1.165, 1.54) is 24.4 Å². The number of amides is 1. The number of pyridine rings is 2. The Hall–Kier alpha value is -3.70. The van der Waals surface area contributed by atoms with E-state index in [2.05, 4.69) is 24.6 Å². The van der Waals surface area contributed by atoms with Crippen LogP contribution < -0.4 is 9.62 Å². The molecule has 0 bridgehead atoms. The molecule has 0 atom stereocenters. The number of hydrogen-bond acceptors (Lipinski definition) is 8. The molecule has 1 saturated heterocycles. The van der Waals surface area contributed by atoms with E-state index in [0.29, 0.717) is 24.9 Å². The smallest absolute Gasteiger partial charge is 0.281 e. The van der Waals surface area contributed by atoms with Crippen molar-refractivity contribution in [1.29, 1.82) is 0 Å². The third-order valence-electron chi connectivity index (χ3n) is 8.09. The van der Waals surface area contributed by atoms with Crippen LogP contribution in [-0.4, -0.2) is 55.3 Å². The number of anilines is 1. The number of halogens is 1. The topological polar surface area (TPSA) is 114 Å². The van der Waals surface area contributed by atoms with Crippen LogP contribution in [0.25, 0.3) is 0 Å². The first-order valence-electron chi connectivity index (χ1n) is 14.0. The summed E-state index contributed by atoms with van der Waals surface area (Å²) in [4.78, 5) is 28.0. The van der Waals surface area contributed by atoms with Gasteiger partial charge in [-0.1, -0.05) is 12.1 Å². The maximum Gasteiger partial charge on any atom is 0.281 e. The van der Waals surface area contributed by atoms with E-state index < -0.39 is 15.9 Å². The quantitative estimate of drug-likeness (QED) is 0.444. The van der Waals surface area contributed by atoms with Crippen molar-refractivity contribution < 1.29 is 22.3 Å². The van der Waals surface area contributed by atoms with Crippen LogP contribution in [0.4, 0.5) is 15.9 Å². The molecule has 1 aromatic carbocycles. The molecule has 3 aromatic rings. The Morgan fingerprint density at radius 1 is 0.951 bits per heavy atom. The van der Waals surface area contributed by atoms with Crippen molar-refractivity contribution in [3.8, 4) is 0 Å². The third kappa shape index (κ3) is 6.31. The highest BCUT2D eigenvalue weighted by atomic mass is 32.2. The van der Waals surface area contributed by atoms with Gasteiger partial charge in [-0.3, -0.25) is 9.79 Å². The van der Waals surface area contributed by atoms with E-state index >= 15 is 0 Å². The second-order valence-corrected chi connectivity index (χ2v) is 12.5. The Labute approximate surface area is 238 Å². The Balaban J connectivity index is 0.946. The Bertz CT molecular complexity index is 1530. The number of aromatic nitrogens is 2. The zero-order chi connectivity index (χ0) is 28.4. The molecular formula is C30H32FN5O4S. The van der Waals surface area contributed by atoms with Crippen molar-refractivity contribution in [2.75, 3.05) is 18.0 Å². The molecule has 1 saturated carbocycles. The monoisotopic (exact) mass is 577 g/mol. The fraction of sp³-hybridized carbons (Fsp3) is 0.400.